The second-order valence-electron chi connectivity index (χ2n) is 9.95. The fourth-order valence-corrected chi connectivity index (χ4v) is 3.90. The van der Waals surface area contributed by atoms with E-state index in [1.54, 1.807) is 25.1 Å². The standard InChI is InChI=1S/C30H34F2N6O7/c1-5-44-23-15-19(10-13-22(23)45-17(2)3)24(27(40)37-36-26(39)21-7-6-14-38(4)28(21)41)35-20-11-8-18(9-12-20)25(33)34-16-30(31,32)29(42)43/h6-15,17,24,35H,5,16H2,1-4H3,(H2,33,34)(H,36,39)(H,37,40)(H,42,43). The number of hydrogen-bond acceptors (Lipinski definition) is 8. The highest BCUT2D eigenvalue weighted by molar-refractivity contribution is 5.98. The third-order valence-corrected chi connectivity index (χ3v) is 6.15. The number of carboxylic acids is 1. The van der Waals surface area contributed by atoms with E-state index in [0.29, 0.717) is 29.4 Å². The molecule has 1 unspecified atom stereocenters. The summed E-state index contributed by atoms with van der Waals surface area (Å²) in [6.45, 7) is 4.46. The fourth-order valence-electron chi connectivity index (χ4n) is 3.90. The van der Waals surface area contributed by atoms with Crippen LogP contribution in [0, 0.1) is 0 Å². The molecule has 0 bridgehead atoms. The molecule has 1 aromatic heterocycles. The van der Waals surface area contributed by atoms with Gasteiger partial charge in [-0.05, 0) is 74.9 Å². The van der Waals surface area contributed by atoms with Gasteiger partial charge in [-0.1, -0.05) is 6.07 Å². The Morgan fingerprint density at radius 1 is 1.07 bits per heavy atom. The van der Waals surface area contributed by atoms with Crippen LogP contribution >= 0.6 is 0 Å². The smallest absolute Gasteiger partial charge is 0.376 e. The zero-order chi connectivity index (χ0) is 33.3. The lowest BCUT2D eigenvalue weighted by molar-refractivity contribution is -0.163. The minimum Gasteiger partial charge on any atom is -0.490 e. The number of ether oxygens (including phenoxy) is 2. The van der Waals surface area contributed by atoms with Gasteiger partial charge in [0.2, 0.25) is 0 Å². The molecule has 0 saturated heterocycles. The number of aliphatic carboxylic acids is 1. The maximum absolute atomic E-state index is 13.5. The van der Waals surface area contributed by atoms with E-state index in [0.717, 1.165) is 0 Å². The molecule has 45 heavy (non-hydrogen) atoms. The molecule has 1 atom stereocenters. The Bertz CT molecular complexity index is 1620. The lowest BCUT2D eigenvalue weighted by Gasteiger charge is -2.22. The quantitative estimate of drug-likeness (QED) is 0.108. The normalized spacial score (nSPS) is 12.3. The molecule has 2 aromatic carbocycles. The van der Waals surface area contributed by atoms with E-state index < -0.39 is 41.9 Å². The van der Waals surface area contributed by atoms with Crippen molar-refractivity contribution in [2.75, 3.05) is 18.5 Å². The van der Waals surface area contributed by atoms with Crippen molar-refractivity contribution < 1.29 is 37.7 Å². The molecule has 0 radical (unpaired) electrons. The third kappa shape index (κ3) is 9.01. The maximum Gasteiger partial charge on any atom is 0.376 e. The van der Waals surface area contributed by atoms with E-state index in [-0.39, 0.29) is 23.1 Å². The molecular weight excluding hydrogens is 594 g/mol. The number of benzene rings is 2. The van der Waals surface area contributed by atoms with Gasteiger partial charge in [-0.3, -0.25) is 30.2 Å². The van der Waals surface area contributed by atoms with Gasteiger partial charge in [-0.15, -0.1) is 0 Å². The monoisotopic (exact) mass is 628 g/mol. The highest BCUT2D eigenvalue weighted by Gasteiger charge is 2.38. The number of alkyl halides is 2. The molecule has 0 aliphatic heterocycles. The summed E-state index contributed by atoms with van der Waals surface area (Å²) in [5.74, 6) is -7.42. The number of aryl methyl sites for hydroxylation is 1. The molecule has 0 aliphatic carbocycles. The number of nitrogens with two attached hydrogens (primary N) is 1. The first-order chi connectivity index (χ1) is 21.2. The largest absolute Gasteiger partial charge is 0.490 e. The Hall–Kier alpha value is -5.47. The van der Waals surface area contributed by atoms with Gasteiger partial charge in [0, 0.05) is 24.5 Å². The lowest BCUT2D eigenvalue weighted by atomic mass is 10.0. The molecular formula is C30H34F2N6O7. The molecule has 0 aliphatic rings. The number of hydrazine groups is 1. The Morgan fingerprint density at radius 3 is 2.38 bits per heavy atom. The predicted molar refractivity (Wildman–Crippen MR) is 162 cm³/mol. The van der Waals surface area contributed by atoms with Crippen molar-refractivity contribution in [2.45, 2.75) is 38.8 Å². The van der Waals surface area contributed by atoms with Crippen LogP contribution in [-0.4, -0.2) is 58.5 Å². The summed E-state index contributed by atoms with van der Waals surface area (Å²) in [5.41, 5.74) is 10.6. The van der Waals surface area contributed by atoms with Gasteiger partial charge in [0.1, 0.15) is 24.0 Å². The van der Waals surface area contributed by atoms with E-state index in [4.69, 9.17) is 20.3 Å². The molecule has 15 heteroatoms. The van der Waals surface area contributed by atoms with Crippen LogP contribution in [0.5, 0.6) is 11.5 Å². The van der Waals surface area contributed by atoms with Crippen LogP contribution in [0.1, 0.15) is 48.3 Å². The van der Waals surface area contributed by atoms with Gasteiger partial charge in [0.25, 0.3) is 17.4 Å². The topological polar surface area (TPSA) is 186 Å². The average molecular weight is 629 g/mol. The molecule has 0 saturated carbocycles. The highest BCUT2D eigenvalue weighted by Crippen LogP contribution is 2.33. The zero-order valence-electron chi connectivity index (χ0n) is 25.0. The molecule has 13 nitrogen and oxygen atoms in total. The van der Waals surface area contributed by atoms with Crippen molar-refractivity contribution in [1.29, 1.82) is 0 Å². The molecule has 2 amide bonds. The second kappa shape index (κ2) is 14.8. The molecule has 6 N–H and O–H groups in total. The Labute approximate surface area is 257 Å². The Morgan fingerprint density at radius 2 is 1.76 bits per heavy atom. The van der Waals surface area contributed by atoms with Gasteiger partial charge < -0.3 is 30.2 Å². The number of rotatable bonds is 13. The first kappa shape index (κ1) is 34.0. The van der Waals surface area contributed by atoms with Crippen LogP contribution in [0.4, 0.5) is 14.5 Å². The number of amides is 2. The molecule has 0 spiro atoms. The van der Waals surface area contributed by atoms with Crippen LogP contribution < -0.4 is 36.9 Å². The van der Waals surface area contributed by atoms with Gasteiger partial charge in [-0.25, -0.2) is 4.79 Å². The van der Waals surface area contributed by atoms with E-state index in [2.05, 4.69) is 21.2 Å². The molecule has 3 rings (SSSR count). The van der Waals surface area contributed by atoms with Crippen LogP contribution in [0.15, 0.2) is 70.6 Å². The van der Waals surface area contributed by atoms with Gasteiger partial charge in [0.15, 0.2) is 11.5 Å². The first-order valence-corrected chi connectivity index (χ1v) is 13.7. The van der Waals surface area contributed by atoms with Crippen molar-refractivity contribution in [3.8, 4) is 11.5 Å². The number of aliphatic imine (C=N–C) groups is 1. The molecule has 240 valence electrons. The summed E-state index contributed by atoms with van der Waals surface area (Å²) >= 11 is 0. The number of nitrogens with one attached hydrogen (secondary N) is 3. The lowest BCUT2D eigenvalue weighted by Crippen LogP contribution is -2.47. The van der Waals surface area contributed by atoms with E-state index in [9.17, 15) is 28.0 Å². The minimum absolute atomic E-state index is 0.155. The second-order valence-corrected chi connectivity index (χ2v) is 9.95. The summed E-state index contributed by atoms with van der Waals surface area (Å²) in [4.78, 5) is 52.6. The predicted octanol–water partition coefficient (Wildman–Crippen LogP) is 2.61. The number of nitrogens with zero attached hydrogens (tertiary/aromatic N) is 2. The number of pyridine rings is 1. The number of amidine groups is 1. The SMILES string of the molecule is CCOc1cc(C(Nc2ccc(C(N)=NCC(F)(F)C(=O)O)cc2)C(=O)NNC(=O)c2cccn(C)c2=O)ccc1OC(C)C. The minimum atomic E-state index is -4.08. The van der Waals surface area contributed by atoms with Gasteiger partial charge >= 0.3 is 11.9 Å². The number of aromatic nitrogens is 1. The van der Waals surface area contributed by atoms with Gasteiger partial charge in [-0.2, -0.15) is 8.78 Å². The van der Waals surface area contributed by atoms with Crippen molar-refractivity contribution in [1.82, 2.24) is 15.4 Å². The van der Waals surface area contributed by atoms with E-state index in [1.807, 2.05) is 13.8 Å². The van der Waals surface area contributed by atoms with Crippen molar-refractivity contribution in [3.05, 3.63) is 87.8 Å². The van der Waals surface area contributed by atoms with Crippen molar-refractivity contribution in [2.24, 2.45) is 17.8 Å². The van der Waals surface area contributed by atoms with Crippen LogP contribution in [0.3, 0.4) is 0 Å². The average Bonchev–Trinajstić information content (AvgIpc) is 2.99. The van der Waals surface area contributed by atoms with Crippen molar-refractivity contribution in [3.63, 3.8) is 0 Å². The van der Waals surface area contributed by atoms with E-state index in [1.165, 1.54) is 54.2 Å². The molecule has 3 aromatic rings. The van der Waals surface area contributed by atoms with Crippen LogP contribution in [0.2, 0.25) is 0 Å². The highest BCUT2D eigenvalue weighted by atomic mass is 19.3. The summed E-state index contributed by atoms with van der Waals surface area (Å²) in [7, 11) is 1.48. The maximum atomic E-state index is 13.5. The summed E-state index contributed by atoms with van der Waals surface area (Å²) in [5, 5.41) is 11.6. The number of anilines is 1. The summed E-state index contributed by atoms with van der Waals surface area (Å²) in [6, 6.07) is 12.4. The van der Waals surface area contributed by atoms with Gasteiger partial charge in [0.05, 0.1) is 12.7 Å². The number of halogens is 2. The van der Waals surface area contributed by atoms with E-state index >= 15 is 0 Å². The fraction of sp³-hybridized carbons (Fsp3) is 0.300. The van der Waals surface area contributed by atoms with Crippen LogP contribution in [0.25, 0.3) is 0 Å². The zero-order valence-corrected chi connectivity index (χ0v) is 25.0. The number of hydrogen-bond donors (Lipinski definition) is 5. The third-order valence-electron chi connectivity index (χ3n) is 6.15. The number of carboxylic acid groups (broad SMARTS) is 1. The number of carbonyl (C=O) groups is 3. The van der Waals surface area contributed by atoms with Crippen LogP contribution in [-0.2, 0) is 16.6 Å². The van der Waals surface area contributed by atoms with Crippen molar-refractivity contribution >= 4 is 29.3 Å². The first-order valence-electron chi connectivity index (χ1n) is 13.7. The molecule has 0 fully saturated rings. The number of carbonyl (C=O) groups excluding carboxylic acids is 2. The summed E-state index contributed by atoms with van der Waals surface area (Å²) < 4.78 is 39.6. The Kier molecular flexibility index (Phi) is 11.2. The molecule has 1 heterocycles. The summed E-state index contributed by atoms with van der Waals surface area (Å²) in [6.07, 6.45) is 1.33. The Balaban J connectivity index is 1.90.